The van der Waals surface area contributed by atoms with Gasteiger partial charge >= 0.3 is 0 Å². The van der Waals surface area contributed by atoms with Gasteiger partial charge in [-0.15, -0.1) is 11.6 Å². The second-order valence-electron chi connectivity index (χ2n) is 3.92. The number of fused-ring (bicyclic) bond motifs is 1. The molecule has 0 saturated heterocycles. The molecule has 0 unspecified atom stereocenters. The van der Waals surface area contributed by atoms with Crippen LogP contribution in [-0.2, 0) is 6.42 Å². The highest BCUT2D eigenvalue weighted by Crippen LogP contribution is 2.21. The zero-order valence-electron chi connectivity index (χ0n) is 9.13. The Morgan fingerprint density at radius 3 is 2.81 bits per heavy atom. The molecule has 0 bridgehead atoms. The van der Waals surface area contributed by atoms with E-state index in [4.69, 9.17) is 23.2 Å². The number of hydrogen-bond donors (Lipinski definition) is 0. The zero-order valence-corrected chi connectivity index (χ0v) is 10.6. The largest absolute Gasteiger partial charge is 0.236 e. The molecular formula is C13H13Cl2N. The van der Waals surface area contributed by atoms with Crippen molar-refractivity contribution < 1.29 is 0 Å². The third-order valence-corrected chi connectivity index (χ3v) is 3.26. The molecule has 0 saturated carbocycles. The standard InChI is InChI=1S/C13H13Cl2N/c1-9-7-11-8-10(3-2-6-14)4-5-12(11)16-13(9)15/h4-5,7-8H,2-3,6H2,1H3. The van der Waals surface area contributed by atoms with Crippen molar-refractivity contribution in [1.82, 2.24) is 4.98 Å². The lowest BCUT2D eigenvalue weighted by atomic mass is 10.1. The average Bonchev–Trinajstić information content (AvgIpc) is 2.28. The number of pyridine rings is 1. The molecule has 0 atom stereocenters. The molecule has 0 aliphatic carbocycles. The van der Waals surface area contributed by atoms with Gasteiger partial charge in [0.25, 0.3) is 0 Å². The minimum atomic E-state index is 0.584. The summed E-state index contributed by atoms with van der Waals surface area (Å²) in [5, 5.41) is 1.73. The predicted molar refractivity (Wildman–Crippen MR) is 70.5 cm³/mol. The van der Waals surface area contributed by atoms with Gasteiger partial charge in [0.05, 0.1) is 5.52 Å². The molecular weight excluding hydrogens is 241 g/mol. The van der Waals surface area contributed by atoms with E-state index in [1.165, 1.54) is 5.56 Å². The van der Waals surface area contributed by atoms with Gasteiger partial charge in [0, 0.05) is 11.3 Å². The van der Waals surface area contributed by atoms with Crippen molar-refractivity contribution in [3.8, 4) is 0 Å². The molecule has 1 aromatic carbocycles. The summed E-state index contributed by atoms with van der Waals surface area (Å²) in [5.41, 5.74) is 3.27. The molecule has 0 spiro atoms. The summed E-state index contributed by atoms with van der Waals surface area (Å²) in [4.78, 5) is 4.34. The highest BCUT2D eigenvalue weighted by atomic mass is 35.5. The van der Waals surface area contributed by atoms with Crippen LogP contribution in [0.4, 0.5) is 0 Å². The summed E-state index contributed by atoms with van der Waals surface area (Å²) < 4.78 is 0. The van der Waals surface area contributed by atoms with E-state index in [2.05, 4.69) is 23.2 Å². The van der Waals surface area contributed by atoms with E-state index in [-0.39, 0.29) is 0 Å². The molecule has 3 heteroatoms. The summed E-state index contributed by atoms with van der Waals surface area (Å²) in [5.74, 6) is 0.704. The van der Waals surface area contributed by atoms with Crippen molar-refractivity contribution in [2.75, 3.05) is 5.88 Å². The molecule has 2 aromatic rings. The lowest BCUT2D eigenvalue weighted by molar-refractivity contribution is 0.930. The summed E-state index contributed by atoms with van der Waals surface area (Å²) >= 11 is 11.7. The zero-order chi connectivity index (χ0) is 11.5. The first-order valence-corrected chi connectivity index (χ1v) is 6.23. The van der Waals surface area contributed by atoms with Crippen LogP contribution >= 0.6 is 23.2 Å². The van der Waals surface area contributed by atoms with Crippen LogP contribution in [0.5, 0.6) is 0 Å². The van der Waals surface area contributed by atoms with E-state index in [0.717, 1.165) is 29.3 Å². The van der Waals surface area contributed by atoms with Crippen molar-refractivity contribution in [2.24, 2.45) is 0 Å². The van der Waals surface area contributed by atoms with E-state index >= 15 is 0 Å². The van der Waals surface area contributed by atoms with Crippen LogP contribution < -0.4 is 0 Å². The fourth-order valence-electron chi connectivity index (χ4n) is 1.73. The van der Waals surface area contributed by atoms with Gasteiger partial charge in [-0.3, -0.25) is 0 Å². The van der Waals surface area contributed by atoms with Gasteiger partial charge in [0.15, 0.2) is 0 Å². The molecule has 0 amide bonds. The SMILES string of the molecule is Cc1cc2cc(CCCCl)ccc2nc1Cl. The first kappa shape index (κ1) is 11.7. The Morgan fingerprint density at radius 1 is 1.25 bits per heavy atom. The van der Waals surface area contributed by atoms with Gasteiger partial charge in [-0.25, -0.2) is 4.98 Å². The van der Waals surface area contributed by atoms with E-state index < -0.39 is 0 Å². The minimum absolute atomic E-state index is 0.584. The summed E-state index contributed by atoms with van der Waals surface area (Å²) in [7, 11) is 0. The monoisotopic (exact) mass is 253 g/mol. The van der Waals surface area contributed by atoms with Gasteiger partial charge in [-0.2, -0.15) is 0 Å². The van der Waals surface area contributed by atoms with Crippen LogP contribution in [0.25, 0.3) is 10.9 Å². The Labute approximate surface area is 105 Å². The maximum atomic E-state index is 5.98. The summed E-state index contributed by atoms with van der Waals surface area (Å²) in [6.07, 6.45) is 2.02. The minimum Gasteiger partial charge on any atom is -0.236 e. The number of aromatic nitrogens is 1. The normalized spacial score (nSPS) is 10.9. The van der Waals surface area contributed by atoms with Crippen LogP contribution in [0.15, 0.2) is 24.3 Å². The number of nitrogens with zero attached hydrogens (tertiary/aromatic N) is 1. The highest BCUT2D eigenvalue weighted by molar-refractivity contribution is 6.30. The third-order valence-electron chi connectivity index (χ3n) is 2.61. The van der Waals surface area contributed by atoms with Crippen molar-refractivity contribution >= 4 is 34.1 Å². The van der Waals surface area contributed by atoms with Gasteiger partial charge < -0.3 is 0 Å². The van der Waals surface area contributed by atoms with Crippen LogP contribution in [0.1, 0.15) is 17.5 Å². The quantitative estimate of drug-likeness (QED) is 0.585. The van der Waals surface area contributed by atoms with E-state index in [1.807, 2.05) is 13.0 Å². The predicted octanol–water partition coefficient (Wildman–Crippen LogP) is 4.37. The molecule has 1 aromatic heterocycles. The number of rotatable bonds is 3. The second-order valence-corrected chi connectivity index (χ2v) is 4.65. The molecule has 16 heavy (non-hydrogen) atoms. The number of hydrogen-bond acceptors (Lipinski definition) is 1. The number of aryl methyl sites for hydroxylation is 2. The van der Waals surface area contributed by atoms with Crippen molar-refractivity contribution in [1.29, 1.82) is 0 Å². The number of halogens is 2. The van der Waals surface area contributed by atoms with Gasteiger partial charge in [0.1, 0.15) is 5.15 Å². The molecule has 0 aliphatic heterocycles. The molecule has 0 radical (unpaired) electrons. The number of benzene rings is 1. The van der Waals surface area contributed by atoms with E-state index in [9.17, 15) is 0 Å². The molecule has 84 valence electrons. The van der Waals surface area contributed by atoms with Gasteiger partial charge in [-0.1, -0.05) is 17.7 Å². The molecule has 1 nitrogen and oxygen atoms in total. The van der Waals surface area contributed by atoms with E-state index in [0.29, 0.717) is 11.0 Å². The molecule has 1 heterocycles. The average molecular weight is 254 g/mol. The summed E-state index contributed by atoms with van der Waals surface area (Å²) in [6.45, 7) is 1.97. The Bertz CT molecular complexity index is 509. The van der Waals surface area contributed by atoms with Crippen molar-refractivity contribution in [2.45, 2.75) is 19.8 Å². The maximum absolute atomic E-state index is 5.98. The van der Waals surface area contributed by atoms with Crippen LogP contribution in [0.3, 0.4) is 0 Å². The van der Waals surface area contributed by atoms with Crippen LogP contribution in [-0.4, -0.2) is 10.9 Å². The van der Waals surface area contributed by atoms with Gasteiger partial charge in [-0.05, 0) is 49.1 Å². The lowest BCUT2D eigenvalue weighted by Gasteiger charge is -2.04. The fourth-order valence-corrected chi connectivity index (χ4v) is 2.01. The van der Waals surface area contributed by atoms with Crippen LogP contribution in [0.2, 0.25) is 5.15 Å². The Hall–Kier alpha value is -0.790. The Balaban J connectivity index is 2.41. The summed E-state index contributed by atoms with van der Waals surface area (Å²) in [6, 6.07) is 8.35. The smallest absolute Gasteiger partial charge is 0.132 e. The first-order chi connectivity index (χ1) is 7.70. The van der Waals surface area contributed by atoms with Crippen molar-refractivity contribution in [3.63, 3.8) is 0 Å². The fraction of sp³-hybridized carbons (Fsp3) is 0.308. The lowest BCUT2D eigenvalue weighted by Crippen LogP contribution is -1.89. The van der Waals surface area contributed by atoms with E-state index in [1.54, 1.807) is 0 Å². The Kier molecular flexibility index (Phi) is 3.67. The topological polar surface area (TPSA) is 12.9 Å². The molecule has 0 N–H and O–H groups in total. The second kappa shape index (κ2) is 5.03. The molecule has 2 rings (SSSR count). The molecule has 0 aliphatic rings. The Morgan fingerprint density at radius 2 is 2.06 bits per heavy atom. The maximum Gasteiger partial charge on any atom is 0.132 e. The van der Waals surface area contributed by atoms with Crippen LogP contribution in [0, 0.1) is 6.92 Å². The van der Waals surface area contributed by atoms with Crippen molar-refractivity contribution in [3.05, 3.63) is 40.5 Å². The molecule has 0 fully saturated rings. The van der Waals surface area contributed by atoms with Gasteiger partial charge in [0.2, 0.25) is 0 Å². The number of alkyl halides is 1. The first-order valence-electron chi connectivity index (χ1n) is 5.32. The third kappa shape index (κ3) is 2.47. The highest BCUT2D eigenvalue weighted by Gasteiger charge is 2.02.